The fourth-order valence-electron chi connectivity index (χ4n) is 12.0. The zero-order valence-corrected chi connectivity index (χ0v) is 46.6. The van der Waals surface area contributed by atoms with E-state index >= 15 is 4.39 Å². The zero-order chi connectivity index (χ0) is 57.1. The van der Waals surface area contributed by atoms with Gasteiger partial charge in [-0.3, -0.25) is 19.3 Å². The number of aromatic nitrogens is 8. The number of aliphatic hydroxyl groups excluding tert-OH is 2. The minimum Gasteiger partial charge on any atom is -0.486 e. The summed E-state index contributed by atoms with van der Waals surface area (Å²) in [6.45, 7) is 8.91. The maximum atomic E-state index is 16.2. The molecule has 4 fully saturated rings. The van der Waals surface area contributed by atoms with Gasteiger partial charge in [0.15, 0.2) is 5.75 Å². The summed E-state index contributed by atoms with van der Waals surface area (Å²) in [5.74, 6) is -0.635. The number of likely N-dealkylation sites (tertiary alicyclic amines) is 1. The molecule has 7 atom stereocenters. The Balaban J connectivity index is 0.826. The predicted molar refractivity (Wildman–Crippen MR) is 303 cm³/mol. The van der Waals surface area contributed by atoms with Gasteiger partial charge in [-0.15, -0.1) is 5.10 Å². The molecule has 4 aromatic carbocycles. The summed E-state index contributed by atoms with van der Waals surface area (Å²) < 4.78 is 52.9. The minimum absolute atomic E-state index is 0.00244. The van der Waals surface area contributed by atoms with Crippen LogP contribution < -0.4 is 25.0 Å². The number of benzene rings is 4. The van der Waals surface area contributed by atoms with Crippen LogP contribution in [0.15, 0.2) is 91.5 Å². The number of amides is 2. The van der Waals surface area contributed by atoms with Crippen molar-refractivity contribution < 1.29 is 42.8 Å². The summed E-state index contributed by atoms with van der Waals surface area (Å²) in [6, 6.07) is 17.7. The van der Waals surface area contributed by atoms with Gasteiger partial charge in [-0.2, -0.15) is 15.1 Å². The van der Waals surface area contributed by atoms with Gasteiger partial charge in [0.05, 0.1) is 42.8 Å². The molecule has 12 rings (SSSR count). The van der Waals surface area contributed by atoms with Crippen LogP contribution in [0, 0.1) is 24.5 Å². The highest BCUT2D eigenvalue weighted by Gasteiger charge is 2.44. The van der Waals surface area contributed by atoms with Crippen molar-refractivity contribution >= 4 is 39.4 Å². The van der Waals surface area contributed by atoms with Crippen molar-refractivity contribution in [1.82, 2.24) is 55.3 Å². The molecule has 0 unspecified atom stereocenters. The largest absolute Gasteiger partial charge is 0.486 e. The highest BCUT2D eigenvalue weighted by molar-refractivity contribution is 6.06. The SMILES string of the molecule is CO[C@@H](C)COc1nc(N2C[C@@H]3C[C@H]2CN3)c2cc(C3CC3)c(-c3c(C)c(F)cc4nn(C)cc34)c(OCc3ccc(-c4cn([C@H](C(=O)N5C[C@H](O)C[C@H]5C(=O)N[C@@H](CO)c5ccc(-c6ccncc6F)cc5)C(C)C)nn4)cc3)c2n1. The third-order valence-corrected chi connectivity index (χ3v) is 16.6. The van der Waals surface area contributed by atoms with Crippen molar-refractivity contribution in [2.45, 2.75) is 108 Å². The van der Waals surface area contributed by atoms with Gasteiger partial charge in [-0.05, 0) is 84.9 Å². The molecule has 21 heteroatoms. The Kier molecular flexibility index (Phi) is 14.9. The molecule has 4 aromatic heterocycles. The third kappa shape index (κ3) is 10.5. The highest BCUT2D eigenvalue weighted by Crippen LogP contribution is 2.53. The number of anilines is 1. The third-order valence-electron chi connectivity index (χ3n) is 16.6. The Morgan fingerprint density at radius 1 is 0.915 bits per heavy atom. The molecule has 8 aromatic rings. The van der Waals surface area contributed by atoms with Gasteiger partial charge in [0.1, 0.15) is 54.0 Å². The van der Waals surface area contributed by atoms with Gasteiger partial charge in [0.2, 0.25) is 11.8 Å². The fourth-order valence-corrected chi connectivity index (χ4v) is 12.0. The molecule has 1 aliphatic carbocycles. The number of carbonyl (C=O) groups excluding carboxylic acids is 2. The summed E-state index contributed by atoms with van der Waals surface area (Å²) in [7, 11) is 3.47. The van der Waals surface area contributed by atoms with Crippen molar-refractivity contribution in [3.05, 3.63) is 125 Å². The van der Waals surface area contributed by atoms with Crippen LogP contribution in [0.5, 0.6) is 11.8 Å². The van der Waals surface area contributed by atoms with Crippen molar-refractivity contribution in [1.29, 1.82) is 0 Å². The van der Waals surface area contributed by atoms with Crippen LogP contribution in [-0.2, 0) is 28.0 Å². The molecule has 0 radical (unpaired) electrons. The lowest BCUT2D eigenvalue weighted by Crippen LogP contribution is -2.50. The average Bonchev–Trinajstić information content (AvgIpc) is 4.12. The monoisotopic (exact) mass is 1120 g/mol. The second-order valence-electron chi connectivity index (χ2n) is 22.6. The molecule has 3 aliphatic heterocycles. The van der Waals surface area contributed by atoms with Crippen LogP contribution in [0.1, 0.15) is 86.7 Å². The van der Waals surface area contributed by atoms with Crippen molar-refractivity contribution in [3.63, 3.8) is 0 Å². The normalized spacial score (nSPS) is 19.8. The van der Waals surface area contributed by atoms with E-state index in [0.29, 0.717) is 56.3 Å². The maximum absolute atomic E-state index is 16.2. The Morgan fingerprint density at radius 2 is 1.70 bits per heavy atom. The van der Waals surface area contributed by atoms with Gasteiger partial charge in [-0.25, -0.2) is 13.5 Å². The molecule has 1 saturated carbocycles. The number of hydrogen-bond acceptors (Lipinski definition) is 15. The number of aryl methyl sites for hydroxylation is 1. The number of nitrogens with one attached hydrogen (secondary N) is 2. The van der Waals surface area contributed by atoms with Gasteiger partial charge in [0, 0.05) is 104 Å². The zero-order valence-electron chi connectivity index (χ0n) is 46.6. The lowest BCUT2D eigenvalue weighted by Gasteiger charge is -2.30. The van der Waals surface area contributed by atoms with Crippen molar-refractivity contribution in [2.24, 2.45) is 13.0 Å². The second kappa shape index (κ2) is 22.4. The Morgan fingerprint density at radius 3 is 2.39 bits per heavy atom. The van der Waals surface area contributed by atoms with E-state index in [4.69, 9.17) is 24.2 Å². The van der Waals surface area contributed by atoms with Crippen LogP contribution in [0.2, 0.25) is 0 Å². The number of nitrogens with zero attached hydrogens (tertiary/aromatic N) is 10. The van der Waals surface area contributed by atoms with E-state index in [1.54, 1.807) is 55.2 Å². The minimum atomic E-state index is -1.03. The molecule has 4 aliphatic rings. The number of β-amino-alcohol motifs (C(OH)–C–C–N with tert-alkyl or cyclic N) is 1. The van der Waals surface area contributed by atoms with Gasteiger partial charge in [0.25, 0.3) is 0 Å². The smallest absolute Gasteiger partial charge is 0.319 e. The molecule has 3 saturated heterocycles. The highest BCUT2D eigenvalue weighted by atomic mass is 19.1. The van der Waals surface area contributed by atoms with E-state index in [-0.39, 0.29) is 62.0 Å². The Labute approximate surface area is 472 Å². The standard InChI is InChI=1S/C61H66F2N12O7/c1-32(2)56(60(79)74-26-42(77)20-52(74)59(78)66-51(29-76)39-15-13-36(14-16-39)43-17-18-64-24-48(43)63)75-28-50(69-71-75)38-9-7-35(8-10-38)31-81-57-54(53-34(4)47(62)22-49-46(53)27-72(5)70-49)44(37-11-12-37)21-45-55(57)67-61(82-30-33(3)80-6)68-58(45)73-25-40-19-41(73)23-65-40/h7-10,13-18,21-22,24,27-28,32-33,37,40-42,51-52,56,65,76-77H,11-12,19-20,23,25-26,29-31H2,1-6H3,(H,66,78)/t33-,40-,41-,42+,51-,52-,56-/m0/s1. The molecule has 2 bridgehead atoms. The first-order valence-electron chi connectivity index (χ1n) is 28.0. The van der Waals surface area contributed by atoms with E-state index in [0.717, 1.165) is 77.4 Å². The number of hydrogen-bond donors (Lipinski definition) is 4. The number of rotatable bonds is 19. The van der Waals surface area contributed by atoms with Gasteiger partial charge < -0.3 is 44.9 Å². The van der Waals surface area contributed by atoms with Crippen LogP contribution in [0.4, 0.5) is 14.6 Å². The molecule has 7 heterocycles. The number of methoxy groups -OCH3 is 1. The maximum Gasteiger partial charge on any atom is 0.319 e. The summed E-state index contributed by atoms with van der Waals surface area (Å²) in [6.07, 6.45) is 8.00. The molecule has 2 amide bonds. The number of aliphatic hydroxyl groups is 2. The molecule has 4 N–H and O–H groups in total. The number of pyridine rings is 1. The topological polar surface area (TPSA) is 220 Å². The van der Waals surface area contributed by atoms with E-state index in [1.165, 1.54) is 21.8 Å². The number of piperazine rings is 1. The molecule has 426 valence electrons. The van der Waals surface area contributed by atoms with Crippen molar-refractivity contribution in [3.8, 4) is 45.3 Å². The lowest BCUT2D eigenvalue weighted by molar-refractivity contribution is -0.142. The summed E-state index contributed by atoms with van der Waals surface area (Å²) in [5, 5.41) is 43.0. The van der Waals surface area contributed by atoms with Crippen molar-refractivity contribution in [2.75, 3.05) is 44.9 Å². The molecular weight excluding hydrogens is 1050 g/mol. The van der Waals surface area contributed by atoms with E-state index < -0.39 is 48.5 Å². The van der Waals surface area contributed by atoms with Crippen LogP contribution in [0.3, 0.4) is 0 Å². The molecule has 82 heavy (non-hydrogen) atoms. The summed E-state index contributed by atoms with van der Waals surface area (Å²) in [4.78, 5) is 46.4. The van der Waals surface area contributed by atoms with Crippen LogP contribution >= 0.6 is 0 Å². The second-order valence-corrected chi connectivity index (χ2v) is 22.6. The van der Waals surface area contributed by atoms with E-state index in [2.05, 4.69) is 42.0 Å². The number of halogens is 2. The summed E-state index contributed by atoms with van der Waals surface area (Å²) >= 11 is 0. The van der Waals surface area contributed by atoms with E-state index in [9.17, 15) is 24.2 Å². The van der Waals surface area contributed by atoms with Crippen LogP contribution in [0.25, 0.3) is 55.3 Å². The quantitative estimate of drug-likeness (QED) is 0.0615. The lowest BCUT2D eigenvalue weighted by atomic mass is 9.88. The molecule has 0 spiro atoms. The first-order chi connectivity index (χ1) is 39.6. The number of fused-ring (bicyclic) bond motifs is 4. The Bertz CT molecular complexity index is 3700. The molecule has 19 nitrogen and oxygen atoms in total. The first kappa shape index (κ1) is 54.6. The van der Waals surface area contributed by atoms with Crippen LogP contribution in [-0.4, -0.2) is 137 Å². The summed E-state index contributed by atoms with van der Waals surface area (Å²) in [5.41, 5.74) is 7.66. The predicted octanol–water partition coefficient (Wildman–Crippen LogP) is 7.52. The number of carbonyl (C=O) groups is 2. The average molecular weight is 1120 g/mol. The van der Waals surface area contributed by atoms with Gasteiger partial charge in [-0.1, -0.05) is 67.6 Å². The molecular formula is C61H66F2N12O7. The fraction of sp³-hybridized carbons (Fsp3) is 0.410. The number of ether oxygens (including phenoxy) is 3. The first-order valence-corrected chi connectivity index (χ1v) is 28.0. The van der Waals surface area contributed by atoms with Gasteiger partial charge >= 0.3 is 6.01 Å². The van der Waals surface area contributed by atoms with E-state index in [1.807, 2.05) is 58.3 Å². The Hall–Kier alpha value is -7.98.